The number of carbonyl (C=O) groups excluding carboxylic acids is 2. The molecule has 5 rings (SSSR count). The Kier molecular flexibility index (Phi) is 7.76. The second kappa shape index (κ2) is 11.6. The first-order valence-corrected chi connectivity index (χ1v) is 13.0. The van der Waals surface area contributed by atoms with Gasteiger partial charge in [-0.25, -0.2) is 10.2 Å². The number of hydrazone groups is 1. The third kappa shape index (κ3) is 5.87. The van der Waals surface area contributed by atoms with Crippen LogP contribution in [0.2, 0.25) is 5.02 Å². The van der Waals surface area contributed by atoms with Crippen molar-refractivity contribution in [3.8, 4) is 22.6 Å². The zero-order valence-corrected chi connectivity index (χ0v) is 22.9. The molecule has 0 aliphatic carbocycles. The summed E-state index contributed by atoms with van der Waals surface area (Å²) in [6, 6.07) is 26.8. The minimum atomic E-state index is -0.511. The fourth-order valence-corrected chi connectivity index (χ4v) is 4.49. The second-order valence-electron chi connectivity index (χ2n) is 8.44. The third-order valence-electron chi connectivity index (χ3n) is 5.90. The molecule has 0 radical (unpaired) electrons. The van der Waals surface area contributed by atoms with E-state index >= 15 is 0 Å². The van der Waals surface area contributed by atoms with Gasteiger partial charge >= 0.3 is 5.97 Å². The van der Waals surface area contributed by atoms with Gasteiger partial charge in [0.1, 0.15) is 5.69 Å². The molecule has 0 saturated carbocycles. The van der Waals surface area contributed by atoms with Crippen LogP contribution in [0, 0.1) is 0 Å². The SMILES string of the molecule is COc1cc(C=NNC(=O)c2[nH]c3ccc(Cl)cc3c2-c2ccccc2)ccc1OC(=O)c1ccc(Br)cc1. The highest BCUT2D eigenvalue weighted by Gasteiger charge is 2.19. The van der Waals surface area contributed by atoms with E-state index in [1.54, 1.807) is 48.5 Å². The number of aromatic amines is 1. The predicted molar refractivity (Wildman–Crippen MR) is 156 cm³/mol. The maximum absolute atomic E-state index is 13.2. The molecule has 1 aromatic heterocycles. The van der Waals surface area contributed by atoms with Crippen molar-refractivity contribution in [2.75, 3.05) is 7.11 Å². The summed E-state index contributed by atoms with van der Waals surface area (Å²) >= 11 is 9.58. The van der Waals surface area contributed by atoms with Gasteiger partial charge in [-0.3, -0.25) is 4.79 Å². The van der Waals surface area contributed by atoms with E-state index in [1.807, 2.05) is 42.5 Å². The van der Waals surface area contributed by atoms with E-state index in [-0.39, 0.29) is 5.75 Å². The number of methoxy groups -OCH3 is 1. The summed E-state index contributed by atoms with van der Waals surface area (Å²) in [6.45, 7) is 0. The van der Waals surface area contributed by atoms with Crippen LogP contribution in [0.5, 0.6) is 11.5 Å². The lowest BCUT2D eigenvalue weighted by molar-refractivity contribution is 0.0729. The van der Waals surface area contributed by atoms with Gasteiger partial charge in [0.15, 0.2) is 11.5 Å². The van der Waals surface area contributed by atoms with Crippen LogP contribution in [0.15, 0.2) is 101 Å². The number of halogens is 2. The fourth-order valence-electron chi connectivity index (χ4n) is 4.05. The number of carbonyl (C=O) groups is 2. The number of benzene rings is 4. The molecule has 2 N–H and O–H groups in total. The summed E-state index contributed by atoms with van der Waals surface area (Å²) in [5, 5.41) is 5.53. The molecule has 1 amide bonds. The number of rotatable bonds is 7. The van der Waals surface area contributed by atoms with E-state index < -0.39 is 11.9 Å². The van der Waals surface area contributed by atoms with Gasteiger partial charge in [-0.05, 0) is 71.8 Å². The zero-order chi connectivity index (χ0) is 27.4. The molecule has 39 heavy (non-hydrogen) atoms. The van der Waals surface area contributed by atoms with Crippen LogP contribution >= 0.6 is 27.5 Å². The fraction of sp³-hybridized carbons (Fsp3) is 0.0333. The normalized spacial score (nSPS) is 11.1. The number of amides is 1. The molecule has 0 aliphatic rings. The highest BCUT2D eigenvalue weighted by molar-refractivity contribution is 9.10. The quantitative estimate of drug-likeness (QED) is 0.0889. The first-order chi connectivity index (χ1) is 18.9. The number of hydrogen-bond donors (Lipinski definition) is 2. The number of esters is 1. The van der Waals surface area contributed by atoms with Crippen molar-refractivity contribution in [3.05, 3.63) is 117 Å². The average Bonchev–Trinajstić information content (AvgIpc) is 3.33. The molecular formula is C30H21BrClN3O4. The largest absolute Gasteiger partial charge is 0.493 e. The minimum absolute atomic E-state index is 0.260. The van der Waals surface area contributed by atoms with Gasteiger partial charge in [0, 0.05) is 26.0 Å². The van der Waals surface area contributed by atoms with Gasteiger partial charge in [-0.2, -0.15) is 5.10 Å². The van der Waals surface area contributed by atoms with Gasteiger partial charge in [0.25, 0.3) is 5.91 Å². The molecule has 4 aromatic carbocycles. The summed E-state index contributed by atoms with van der Waals surface area (Å²) < 4.78 is 11.8. The van der Waals surface area contributed by atoms with Gasteiger partial charge in [0.05, 0.1) is 18.9 Å². The molecule has 5 aromatic rings. The number of fused-ring (bicyclic) bond motifs is 1. The lowest BCUT2D eigenvalue weighted by Gasteiger charge is -2.10. The van der Waals surface area contributed by atoms with E-state index in [0.717, 1.165) is 26.5 Å². The maximum Gasteiger partial charge on any atom is 0.343 e. The summed E-state index contributed by atoms with van der Waals surface area (Å²) in [7, 11) is 1.47. The molecular weight excluding hydrogens is 582 g/mol. The van der Waals surface area contributed by atoms with E-state index in [4.69, 9.17) is 21.1 Å². The monoisotopic (exact) mass is 601 g/mol. The number of aromatic nitrogens is 1. The lowest BCUT2D eigenvalue weighted by atomic mass is 10.0. The van der Waals surface area contributed by atoms with Crippen LogP contribution in [-0.4, -0.2) is 30.2 Å². The molecule has 0 aliphatic heterocycles. The second-order valence-corrected chi connectivity index (χ2v) is 9.79. The van der Waals surface area contributed by atoms with E-state index in [2.05, 4.69) is 31.4 Å². The molecule has 0 fully saturated rings. The number of nitrogens with one attached hydrogen (secondary N) is 2. The third-order valence-corrected chi connectivity index (χ3v) is 6.66. The van der Waals surface area contributed by atoms with Crippen molar-refractivity contribution in [2.45, 2.75) is 0 Å². The Bertz CT molecular complexity index is 1700. The summed E-state index contributed by atoms with van der Waals surface area (Å²) in [4.78, 5) is 28.8. The first-order valence-electron chi connectivity index (χ1n) is 11.8. The van der Waals surface area contributed by atoms with Crippen LogP contribution in [0.3, 0.4) is 0 Å². The van der Waals surface area contributed by atoms with Crippen LogP contribution in [-0.2, 0) is 0 Å². The molecule has 0 bridgehead atoms. The van der Waals surface area contributed by atoms with Crippen LogP contribution in [0.1, 0.15) is 26.4 Å². The van der Waals surface area contributed by atoms with Crippen molar-refractivity contribution in [1.29, 1.82) is 0 Å². The Balaban J connectivity index is 1.34. The lowest BCUT2D eigenvalue weighted by Crippen LogP contribution is -2.18. The topological polar surface area (TPSA) is 92.8 Å². The van der Waals surface area contributed by atoms with Crippen molar-refractivity contribution < 1.29 is 19.1 Å². The zero-order valence-electron chi connectivity index (χ0n) is 20.6. The Labute approximate surface area is 237 Å². The molecule has 7 nitrogen and oxygen atoms in total. The van der Waals surface area contributed by atoms with E-state index in [1.165, 1.54) is 13.3 Å². The smallest absolute Gasteiger partial charge is 0.343 e. The van der Waals surface area contributed by atoms with Gasteiger partial charge < -0.3 is 14.5 Å². The van der Waals surface area contributed by atoms with Crippen LogP contribution in [0.4, 0.5) is 0 Å². The number of hydrogen-bond acceptors (Lipinski definition) is 5. The number of H-pyrrole nitrogens is 1. The Morgan fingerprint density at radius 3 is 2.46 bits per heavy atom. The van der Waals surface area contributed by atoms with Crippen molar-refractivity contribution >= 4 is 56.5 Å². The van der Waals surface area contributed by atoms with E-state index in [0.29, 0.717) is 27.6 Å². The standard InChI is InChI=1S/C30H21BrClN3O4/c1-38-26-15-18(7-14-25(26)39-30(37)20-8-10-21(31)11-9-20)17-33-35-29(36)28-27(19-5-3-2-4-6-19)23-16-22(32)12-13-24(23)34-28/h2-17,34H,1H3,(H,35,36). The van der Waals surface area contributed by atoms with Crippen LogP contribution < -0.4 is 14.9 Å². The van der Waals surface area contributed by atoms with Gasteiger partial charge in [-0.15, -0.1) is 0 Å². The minimum Gasteiger partial charge on any atom is -0.493 e. The summed E-state index contributed by atoms with van der Waals surface area (Å²) in [5.74, 6) is -0.321. The Hall–Kier alpha value is -4.40. The maximum atomic E-state index is 13.2. The molecule has 0 unspecified atom stereocenters. The molecule has 0 spiro atoms. The summed E-state index contributed by atoms with van der Waals surface area (Å²) in [6.07, 6.45) is 1.47. The molecule has 0 saturated heterocycles. The Morgan fingerprint density at radius 1 is 0.949 bits per heavy atom. The molecule has 194 valence electrons. The molecule has 9 heteroatoms. The van der Waals surface area contributed by atoms with Crippen molar-refractivity contribution in [3.63, 3.8) is 0 Å². The van der Waals surface area contributed by atoms with Crippen molar-refractivity contribution in [2.24, 2.45) is 5.10 Å². The predicted octanol–water partition coefficient (Wildman–Crippen LogP) is 7.24. The van der Waals surface area contributed by atoms with Crippen LogP contribution in [0.25, 0.3) is 22.0 Å². The van der Waals surface area contributed by atoms with Crippen molar-refractivity contribution in [1.82, 2.24) is 10.4 Å². The number of nitrogens with zero attached hydrogens (tertiary/aromatic N) is 1. The Morgan fingerprint density at radius 2 is 1.72 bits per heavy atom. The highest BCUT2D eigenvalue weighted by Crippen LogP contribution is 2.34. The molecule has 0 atom stereocenters. The summed E-state index contributed by atoms with van der Waals surface area (Å²) in [5.41, 5.74) is 6.37. The molecule has 1 heterocycles. The van der Waals surface area contributed by atoms with Gasteiger partial charge in [0.2, 0.25) is 0 Å². The van der Waals surface area contributed by atoms with E-state index in [9.17, 15) is 9.59 Å². The van der Waals surface area contributed by atoms with Gasteiger partial charge in [-0.1, -0.05) is 57.9 Å². The first kappa shape index (κ1) is 26.2. The average molecular weight is 603 g/mol. The number of ether oxygens (including phenoxy) is 2. The highest BCUT2D eigenvalue weighted by atomic mass is 79.9.